The van der Waals surface area contributed by atoms with Crippen molar-refractivity contribution >= 4 is 5.91 Å². The maximum Gasteiger partial charge on any atom is 0.255 e. The van der Waals surface area contributed by atoms with Gasteiger partial charge in [-0.25, -0.2) is 0 Å². The summed E-state index contributed by atoms with van der Waals surface area (Å²) in [5.74, 6) is 1.54. The molecule has 1 aliphatic rings. The molecule has 0 aliphatic carbocycles. The maximum atomic E-state index is 12.6. The molecule has 2 aromatic heterocycles. The number of nitrogens with zero attached hydrogens (tertiary/aromatic N) is 3. The van der Waals surface area contributed by atoms with Gasteiger partial charge in [-0.05, 0) is 67.5 Å². The van der Waals surface area contributed by atoms with Crippen LogP contribution < -0.4 is 4.74 Å². The van der Waals surface area contributed by atoms with E-state index in [0.717, 1.165) is 49.4 Å². The van der Waals surface area contributed by atoms with Gasteiger partial charge in [0.05, 0.1) is 5.56 Å². The van der Waals surface area contributed by atoms with Crippen molar-refractivity contribution in [3.8, 4) is 5.75 Å². The van der Waals surface area contributed by atoms with Gasteiger partial charge < -0.3 is 9.64 Å². The summed E-state index contributed by atoms with van der Waals surface area (Å²) in [4.78, 5) is 22.8. The minimum Gasteiger partial charge on any atom is -0.489 e. The van der Waals surface area contributed by atoms with E-state index in [1.54, 1.807) is 18.6 Å². The highest BCUT2D eigenvalue weighted by Crippen LogP contribution is 2.23. The van der Waals surface area contributed by atoms with Crippen LogP contribution in [0.4, 0.5) is 0 Å². The Morgan fingerprint density at radius 1 is 1.00 bits per heavy atom. The number of rotatable bonds is 6. The fourth-order valence-electron chi connectivity index (χ4n) is 3.82. The smallest absolute Gasteiger partial charge is 0.255 e. The van der Waals surface area contributed by atoms with Crippen LogP contribution in [0.1, 0.15) is 40.0 Å². The lowest BCUT2D eigenvalue weighted by molar-refractivity contribution is 0.0690. The first kappa shape index (κ1) is 20.1. The number of hydrogen-bond donors (Lipinski definition) is 0. The number of benzene rings is 1. The molecule has 1 saturated heterocycles. The second kappa shape index (κ2) is 9.53. The minimum atomic E-state index is 0.0968. The largest absolute Gasteiger partial charge is 0.489 e. The Balaban J connectivity index is 1.24. The predicted molar refractivity (Wildman–Crippen MR) is 116 cm³/mol. The van der Waals surface area contributed by atoms with Gasteiger partial charge >= 0.3 is 0 Å². The summed E-state index contributed by atoms with van der Waals surface area (Å²) in [6, 6.07) is 16.2. The van der Waals surface area contributed by atoms with Gasteiger partial charge in [0.25, 0.3) is 5.91 Å². The van der Waals surface area contributed by atoms with Crippen LogP contribution >= 0.6 is 0 Å². The average Bonchev–Trinajstić information content (AvgIpc) is 2.80. The molecule has 0 saturated carbocycles. The molecule has 0 N–H and O–H groups in total. The van der Waals surface area contributed by atoms with Crippen LogP contribution in [0.3, 0.4) is 0 Å². The number of amides is 1. The van der Waals surface area contributed by atoms with Crippen LogP contribution in [0, 0.1) is 12.8 Å². The lowest BCUT2D eigenvalue weighted by Gasteiger charge is -2.32. The molecule has 4 rings (SSSR count). The van der Waals surface area contributed by atoms with Crippen LogP contribution in [-0.4, -0.2) is 33.9 Å². The zero-order chi connectivity index (χ0) is 20.8. The average molecular weight is 402 g/mol. The molecule has 5 heteroatoms. The van der Waals surface area contributed by atoms with Gasteiger partial charge in [-0.3, -0.25) is 14.8 Å². The minimum absolute atomic E-state index is 0.0968. The first-order valence-electron chi connectivity index (χ1n) is 10.5. The number of pyridine rings is 2. The highest BCUT2D eigenvalue weighted by atomic mass is 16.5. The van der Waals surface area contributed by atoms with E-state index < -0.39 is 0 Å². The van der Waals surface area contributed by atoms with Gasteiger partial charge in [-0.15, -0.1) is 0 Å². The van der Waals surface area contributed by atoms with Gasteiger partial charge in [-0.2, -0.15) is 0 Å². The summed E-state index contributed by atoms with van der Waals surface area (Å²) in [7, 11) is 0. The summed E-state index contributed by atoms with van der Waals surface area (Å²) in [5, 5.41) is 0. The van der Waals surface area contributed by atoms with Gasteiger partial charge in [0.1, 0.15) is 12.4 Å². The Labute approximate surface area is 177 Å². The Morgan fingerprint density at radius 3 is 2.37 bits per heavy atom. The summed E-state index contributed by atoms with van der Waals surface area (Å²) >= 11 is 0. The van der Waals surface area contributed by atoms with Crippen molar-refractivity contribution in [1.82, 2.24) is 14.9 Å². The summed E-state index contributed by atoms with van der Waals surface area (Å²) in [6.07, 6.45) is 8.28. The van der Waals surface area contributed by atoms with E-state index in [-0.39, 0.29) is 5.91 Å². The molecule has 0 radical (unpaired) electrons. The van der Waals surface area contributed by atoms with E-state index >= 15 is 0 Å². The number of ether oxygens (including phenoxy) is 1. The van der Waals surface area contributed by atoms with Crippen molar-refractivity contribution in [2.45, 2.75) is 32.8 Å². The molecule has 3 aromatic rings. The molecule has 1 aromatic carbocycles. The van der Waals surface area contributed by atoms with Crippen molar-refractivity contribution in [3.05, 3.63) is 89.5 Å². The number of carbonyl (C=O) groups is 1. The van der Waals surface area contributed by atoms with Gasteiger partial charge in [0, 0.05) is 37.4 Å². The second-order valence-electron chi connectivity index (χ2n) is 7.92. The molecular weight excluding hydrogens is 374 g/mol. The molecule has 30 heavy (non-hydrogen) atoms. The first-order chi connectivity index (χ1) is 14.7. The monoisotopic (exact) mass is 401 g/mol. The standard InChI is InChI=1S/C25H27N3O2/c1-19-2-7-23(17-27-19)25(29)28-14-10-21(11-15-28)16-20-3-5-22(6-4-20)18-30-24-8-12-26-13-9-24/h2-9,12-13,17,21H,10-11,14-16,18H2,1H3. The highest BCUT2D eigenvalue weighted by Gasteiger charge is 2.24. The van der Waals surface area contributed by atoms with E-state index in [2.05, 4.69) is 34.2 Å². The van der Waals surface area contributed by atoms with E-state index in [4.69, 9.17) is 4.74 Å². The molecule has 5 nitrogen and oxygen atoms in total. The zero-order valence-corrected chi connectivity index (χ0v) is 17.3. The van der Waals surface area contributed by atoms with E-state index in [9.17, 15) is 4.79 Å². The Hall–Kier alpha value is -3.21. The third-order valence-electron chi connectivity index (χ3n) is 5.66. The molecule has 1 aliphatic heterocycles. The third-order valence-corrected chi connectivity index (χ3v) is 5.66. The Morgan fingerprint density at radius 2 is 1.70 bits per heavy atom. The lowest BCUT2D eigenvalue weighted by Crippen LogP contribution is -2.39. The van der Waals surface area contributed by atoms with Crippen molar-refractivity contribution in [1.29, 1.82) is 0 Å². The molecule has 0 atom stereocenters. The predicted octanol–water partition coefficient (Wildman–Crippen LogP) is 4.46. The van der Waals surface area contributed by atoms with Crippen molar-refractivity contribution < 1.29 is 9.53 Å². The summed E-state index contributed by atoms with van der Waals surface area (Å²) in [6.45, 7) is 4.11. The van der Waals surface area contributed by atoms with E-state index in [1.165, 1.54) is 5.56 Å². The van der Waals surface area contributed by atoms with Gasteiger partial charge in [0.15, 0.2) is 0 Å². The van der Waals surface area contributed by atoms with Crippen molar-refractivity contribution in [2.75, 3.05) is 13.1 Å². The number of likely N-dealkylation sites (tertiary alicyclic amines) is 1. The molecule has 0 spiro atoms. The molecule has 1 amide bonds. The Bertz CT molecular complexity index is 948. The molecule has 154 valence electrons. The topological polar surface area (TPSA) is 55.3 Å². The molecule has 0 unspecified atom stereocenters. The van der Waals surface area contributed by atoms with E-state index in [1.807, 2.05) is 36.1 Å². The van der Waals surface area contributed by atoms with Crippen LogP contribution in [-0.2, 0) is 13.0 Å². The SMILES string of the molecule is Cc1ccc(C(=O)N2CCC(Cc3ccc(COc4ccncc4)cc3)CC2)cn1. The zero-order valence-electron chi connectivity index (χ0n) is 17.3. The van der Waals surface area contributed by atoms with Gasteiger partial charge in [0.2, 0.25) is 0 Å². The van der Waals surface area contributed by atoms with Crippen molar-refractivity contribution in [2.24, 2.45) is 5.92 Å². The van der Waals surface area contributed by atoms with Crippen LogP contribution in [0.2, 0.25) is 0 Å². The lowest BCUT2D eigenvalue weighted by atomic mass is 9.89. The molecule has 1 fully saturated rings. The third kappa shape index (κ3) is 5.23. The fourth-order valence-corrected chi connectivity index (χ4v) is 3.82. The Kier molecular flexibility index (Phi) is 6.38. The fraction of sp³-hybridized carbons (Fsp3) is 0.320. The molecule has 0 bridgehead atoms. The van der Waals surface area contributed by atoms with E-state index in [0.29, 0.717) is 18.1 Å². The number of hydrogen-bond acceptors (Lipinski definition) is 4. The molecule has 3 heterocycles. The quantitative estimate of drug-likeness (QED) is 0.612. The number of piperidine rings is 1. The molecular formula is C25H27N3O2. The maximum absolute atomic E-state index is 12.6. The highest BCUT2D eigenvalue weighted by molar-refractivity contribution is 5.93. The number of carbonyl (C=O) groups excluding carboxylic acids is 1. The van der Waals surface area contributed by atoms with Crippen LogP contribution in [0.15, 0.2) is 67.1 Å². The number of aryl methyl sites for hydroxylation is 1. The normalized spacial score (nSPS) is 14.5. The van der Waals surface area contributed by atoms with Crippen LogP contribution in [0.5, 0.6) is 5.75 Å². The first-order valence-corrected chi connectivity index (χ1v) is 10.5. The second-order valence-corrected chi connectivity index (χ2v) is 7.92. The summed E-state index contributed by atoms with van der Waals surface area (Å²) in [5.41, 5.74) is 4.11. The summed E-state index contributed by atoms with van der Waals surface area (Å²) < 4.78 is 5.78. The van der Waals surface area contributed by atoms with Crippen molar-refractivity contribution in [3.63, 3.8) is 0 Å². The van der Waals surface area contributed by atoms with Crippen LogP contribution in [0.25, 0.3) is 0 Å². The number of aromatic nitrogens is 2. The van der Waals surface area contributed by atoms with Gasteiger partial charge in [-0.1, -0.05) is 24.3 Å².